The van der Waals surface area contributed by atoms with Crippen LogP contribution >= 0.6 is 12.4 Å². The predicted octanol–water partition coefficient (Wildman–Crippen LogP) is 3.77. The molecule has 1 atom stereocenters. The summed E-state index contributed by atoms with van der Waals surface area (Å²) >= 11 is 0. The number of ether oxygens (including phenoxy) is 1. The highest BCUT2D eigenvalue weighted by molar-refractivity contribution is 5.85. The molecule has 1 aromatic rings. The van der Waals surface area contributed by atoms with Crippen molar-refractivity contribution in [2.75, 3.05) is 13.7 Å². The van der Waals surface area contributed by atoms with Gasteiger partial charge in [-0.25, -0.2) is 0 Å². The van der Waals surface area contributed by atoms with E-state index in [1.54, 1.807) is 0 Å². The van der Waals surface area contributed by atoms with Crippen molar-refractivity contribution in [2.24, 2.45) is 17.6 Å². The van der Waals surface area contributed by atoms with E-state index in [1.807, 2.05) is 30.1 Å². The van der Waals surface area contributed by atoms with E-state index in [1.165, 1.54) is 12.0 Å². The largest absolute Gasteiger partial charge is 0.376 e. The third kappa shape index (κ3) is 5.45. The number of rotatable bonds is 7. The maximum atomic E-state index is 12.6. The van der Waals surface area contributed by atoms with Gasteiger partial charge in [0.05, 0.1) is 12.6 Å². The molecule has 0 saturated heterocycles. The molecule has 2 saturated carbocycles. The van der Waals surface area contributed by atoms with Crippen LogP contribution in [0, 0.1) is 11.8 Å². The zero-order valence-electron chi connectivity index (χ0n) is 15.8. The highest BCUT2D eigenvalue weighted by atomic mass is 35.5. The number of carbonyl (C=O) groups excluding carboxylic acids is 1. The highest BCUT2D eigenvalue weighted by Gasteiger charge is 2.34. The van der Waals surface area contributed by atoms with E-state index in [2.05, 4.69) is 12.1 Å². The molecule has 0 aliphatic heterocycles. The lowest BCUT2D eigenvalue weighted by atomic mass is 9.78. The Labute approximate surface area is 163 Å². The summed E-state index contributed by atoms with van der Waals surface area (Å²) in [6.45, 7) is 1.50. The van der Waals surface area contributed by atoms with Crippen molar-refractivity contribution in [3.05, 3.63) is 35.9 Å². The van der Waals surface area contributed by atoms with Crippen LogP contribution in [0.3, 0.4) is 0 Å². The van der Waals surface area contributed by atoms with Gasteiger partial charge in [-0.1, -0.05) is 30.3 Å². The smallest absolute Gasteiger partial charge is 0.239 e. The Kier molecular flexibility index (Phi) is 8.39. The van der Waals surface area contributed by atoms with Gasteiger partial charge < -0.3 is 15.4 Å². The van der Waals surface area contributed by atoms with E-state index in [4.69, 9.17) is 10.5 Å². The van der Waals surface area contributed by atoms with Gasteiger partial charge in [0.2, 0.25) is 5.91 Å². The van der Waals surface area contributed by atoms with Crippen LogP contribution in [0.2, 0.25) is 0 Å². The topological polar surface area (TPSA) is 55.6 Å². The molecule has 1 aromatic carbocycles. The van der Waals surface area contributed by atoms with E-state index < -0.39 is 0 Å². The Bertz CT molecular complexity index is 542. The van der Waals surface area contributed by atoms with Gasteiger partial charge in [0, 0.05) is 19.7 Å². The maximum absolute atomic E-state index is 12.6. The Morgan fingerprint density at radius 1 is 1.15 bits per heavy atom. The van der Waals surface area contributed by atoms with Crippen molar-refractivity contribution in [1.29, 1.82) is 0 Å². The number of hydrogen-bond donors (Lipinski definition) is 1. The average Bonchev–Trinajstić information content (AvgIpc) is 2.60. The van der Waals surface area contributed by atoms with Crippen molar-refractivity contribution in [3.63, 3.8) is 0 Å². The summed E-state index contributed by atoms with van der Waals surface area (Å²) in [6.07, 6.45) is 7.85. The number of halogens is 1. The molecule has 5 heteroatoms. The fraction of sp³-hybridized carbons (Fsp3) is 0.667. The molecular formula is C21H33ClN2O2. The maximum Gasteiger partial charge on any atom is 0.239 e. The van der Waals surface area contributed by atoms with Gasteiger partial charge in [-0.2, -0.15) is 0 Å². The van der Waals surface area contributed by atoms with Gasteiger partial charge >= 0.3 is 0 Å². The minimum absolute atomic E-state index is 0. The first kappa shape index (κ1) is 21.2. The number of amides is 1. The van der Waals surface area contributed by atoms with Gasteiger partial charge in [-0.15, -0.1) is 12.4 Å². The number of nitrogens with zero attached hydrogens (tertiary/aromatic N) is 1. The molecule has 0 heterocycles. The molecule has 2 aliphatic rings. The third-order valence-corrected chi connectivity index (χ3v) is 6.12. The predicted molar refractivity (Wildman–Crippen MR) is 107 cm³/mol. The molecule has 2 N–H and O–H groups in total. The van der Waals surface area contributed by atoms with Crippen LogP contribution in [0.15, 0.2) is 30.3 Å². The summed E-state index contributed by atoms with van der Waals surface area (Å²) in [5.41, 5.74) is 7.53. The lowest BCUT2D eigenvalue weighted by molar-refractivity contribution is -0.136. The van der Waals surface area contributed by atoms with Crippen LogP contribution in [0.4, 0.5) is 0 Å². The molecule has 0 unspecified atom stereocenters. The van der Waals surface area contributed by atoms with Crippen LogP contribution in [0.25, 0.3) is 0 Å². The van der Waals surface area contributed by atoms with E-state index in [-0.39, 0.29) is 24.4 Å². The fourth-order valence-corrected chi connectivity index (χ4v) is 4.02. The van der Waals surface area contributed by atoms with Gasteiger partial charge in [0.15, 0.2) is 0 Å². The molecule has 2 aliphatic carbocycles. The lowest BCUT2D eigenvalue weighted by Crippen LogP contribution is -2.52. The van der Waals surface area contributed by atoms with Crippen molar-refractivity contribution < 1.29 is 9.53 Å². The summed E-state index contributed by atoms with van der Waals surface area (Å²) < 4.78 is 5.89. The number of benzene rings is 1. The molecule has 0 radical (unpaired) electrons. The molecular weight excluding hydrogens is 348 g/mol. The van der Waals surface area contributed by atoms with Gasteiger partial charge in [-0.3, -0.25) is 4.79 Å². The average molecular weight is 381 g/mol. The molecule has 0 aromatic heterocycles. The van der Waals surface area contributed by atoms with Gasteiger partial charge in [0.25, 0.3) is 0 Å². The van der Waals surface area contributed by atoms with Gasteiger partial charge in [0.1, 0.15) is 0 Å². The Hall–Kier alpha value is -1.10. The molecule has 2 fully saturated rings. The zero-order valence-corrected chi connectivity index (χ0v) is 16.6. The van der Waals surface area contributed by atoms with E-state index in [9.17, 15) is 4.79 Å². The normalized spacial score (nSPS) is 24.2. The number of nitrogens with two attached hydrogens (primary N) is 1. The molecule has 146 valence electrons. The first-order valence-electron chi connectivity index (χ1n) is 9.79. The van der Waals surface area contributed by atoms with Gasteiger partial charge in [-0.05, 0) is 62.3 Å². The lowest BCUT2D eigenvalue weighted by Gasteiger charge is -2.38. The summed E-state index contributed by atoms with van der Waals surface area (Å²) in [5.74, 6) is 1.08. The number of carbonyl (C=O) groups is 1. The first-order chi connectivity index (χ1) is 12.1. The number of likely N-dealkylation sites (N-methyl/N-ethyl adjacent to an activating group) is 1. The first-order valence-corrected chi connectivity index (χ1v) is 9.79. The third-order valence-electron chi connectivity index (χ3n) is 6.12. The van der Waals surface area contributed by atoms with Crippen molar-refractivity contribution in [1.82, 2.24) is 4.90 Å². The van der Waals surface area contributed by atoms with E-state index >= 15 is 0 Å². The number of hydrogen-bond acceptors (Lipinski definition) is 3. The van der Waals surface area contributed by atoms with E-state index in [0.29, 0.717) is 24.5 Å². The summed E-state index contributed by atoms with van der Waals surface area (Å²) in [4.78, 5) is 14.5. The molecule has 0 bridgehead atoms. The van der Waals surface area contributed by atoms with Crippen molar-refractivity contribution in [2.45, 2.75) is 63.6 Å². The standard InChI is InChI=1S/C21H32N2O2.ClH/c1-23(19-8-5-9-19)21(24)20(22)18-12-10-17(11-13-18)15-25-14-16-6-3-2-4-7-16;/h2-4,6-7,17-20H,5,8-15,22H2,1H3;1H/t17-,18-,20-;/m0./s1. The minimum atomic E-state index is -0.322. The van der Waals surface area contributed by atoms with Crippen molar-refractivity contribution in [3.8, 4) is 0 Å². The minimum Gasteiger partial charge on any atom is -0.376 e. The molecule has 3 rings (SSSR count). The quantitative estimate of drug-likeness (QED) is 0.783. The second kappa shape index (κ2) is 10.3. The highest BCUT2D eigenvalue weighted by Crippen LogP contribution is 2.32. The Morgan fingerprint density at radius 2 is 1.81 bits per heavy atom. The second-order valence-electron chi connectivity index (χ2n) is 7.84. The zero-order chi connectivity index (χ0) is 17.6. The SMILES string of the molecule is CN(C(=O)[C@@H](N)[C@H]1CC[C@H](COCc2ccccc2)CC1)C1CCC1.Cl. The van der Waals surface area contributed by atoms with E-state index in [0.717, 1.165) is 45.1 Å². The molecule has 26 heavy (non-hydrogen) atoms. The summed E-state index contributed by atoms with van der Waals surface area (Å²) in [6, 6.07) is 10.4. The van der Waals surface area contributed by atoms with Crippen molar-refractivity contribution >= 4 is 18.3 Å². The Balaban J connectivity index is 0.00000243. The molecule has 4 nitrogen and oxygen atoms in total. The van der Waals surface area contributed by atoms with Crippen LogP contribution in [-0.4, -0.2) is 36.5 Å². The van der Waals surface area contributed by atoms with Crippen LogP contribution < -0.4 is 5.73 Å². The summed E-state index contributed by atoms with van der Waals surface area (Å²) in [7, 11) is 1.93. The fourth-order valence-electron chi connectivity index (χ4n) is 4.02. The van der Waals surface area contributed by atoms with Crippen LogP contribution in [0.5, 0.6) is 0 Å². The molecule has 0 spiro atoms. The Morgan fingerprint density at radius 3 is 2.38 bits per heavy atom. The van der Waals surface area contributed by atoms with Crippen LogP contribution in [0.1, 0.15) is 50.5 Å². The van der Waals surface area contributed by atoms with Crippen LogP contribution in [-0.2, 0) is 16.1 Å². The monoisotopic (exact) mass is 380 g/mol. The summed E-state index contributed by atoms with van der Waals surface area (Å²) in [5, 5.41) is 0. The second-order valence-corrected chi connectivity index (χ2v) is 7.84. The molecule has 1 amide bonds.